The molecular weight excluding hydrogens is 442 g/mol. The lowest BCUT2D eigenvalue weighted by Gasteiger charge is -2.33. The average molecular weight is 476 g/mol. The van der Waals surface area contributed by atoms with Gasteiger partial charge in [0, 0.05) is 30.9 Å². The van der Waals surface area contributed by atoms with Gasteiger partial charge in [0.25, 0.3) is 0 Å². The summed E-state index contributed by atoms with van der Waals surface area (Å²) in [6, 6.07) is 27.3. The van der Waals surface area contributed by atoms with Gasteiger partial charge in [-0.2, -0.15) is 0 Å². The molecule has 0 bridgehead atoms. The number of rotatable bonds is 9. The van der Waals surface area contributed by atoms with Crippen molar-refractivity contribution in [1.82, 2.24) is 25.2 Å². The summed E-state index contributed by atoms with van der Waals surface area (Å²) in [5.74, 6) is 0.195. The van der Waals surface area contributed by atoms with Crippen LogP contribution in [0, 0.1) is 0 Å². The molecule has 0 fully saturated rings. The highest BCUT2D eigenvalue weighted by Crippen LogP contribution is 2.34. The number of hydrogen-bond acceptors (Lipinski definition) is 4. The highest BCUT2D eigenvalue weighted by atomic mass is 15.4. The van der Waals surface area contributed by atoms with Crippen molar-refractivity contribution in [2.24, 2.45) is 0 Å². The molecule has 5 nitrogen and oxygen atoms in total. The van der Waals surface area contributed by atoms with Crippen LogP contribution in [0.15, 0.2) is 115 Å². The minimum atomic E-state index is 0.195. The summed E-state index contributed by atoms with van der Waals surface area (Å²) in [5.41, 5.74) is 9.18. The molecule has 2 heterocycles. The predicted octanol–water partition coefficient (Wildman–Crippen LogP) is 6.02. The van der Waals surface area contributed by atoms with Crippen molar-refractivity contribution in [3.8, 4) is 5.69 Å². The Hall–Kier alpha value is -3.96. The number of hydrogen-bond donors (Lipinski definition) is 1. The normalized spacial score (nSPS) is 14.6. The molecule has 4 aromatic rings. The van der Waals surface area contributed by atoms with Crippen LogP contribution < -0.4 is 5.32 Å². The number of aryl methyl sites for hydroxylation is 1. The van der Waals surface area contributed by atoms with E-state index >= 15 is 0 Å². The molecule has 0 aliphatic carbocycles. The third-order valence-electron chi connectivity index (χ3n) is 6.92. The van der Waals surface area contributed by atoms with Gasteiger partial charge in [0.15, 0.2) is 0 Å². The molecular formula is C31H33N5. The Morgan fingerprint density at radius 2 is 1.75 bits per heavy atom. The van der Waals surface area contributed by atoms with E-state index in [4.69, 9.17) is 0 Å². The monoisotopic (exact) mass is 475 g/mol. The summed E-state index contributed by atoms with van der Waals surface area (Å²) < 4.78 is 1.92. The van der Waals surface area contributed by atoms with E-state index in [-0.39, 0.29) is 5.92 Å². The molecule has 1 aliphatic rings. The SMILES string of the molecule is C=C1C=C(C(C)c2cccc(-n3nnc4ccccc43)c2)N(CCNC)C=C1CCc1ccccc1. The fourth-order valence-corrected chi connectivity index (χ4v) is 4.80. The summed E-state index contributed by atoms with van der Waals surface area (Å²) in [7, 11) is 2.00. The lowest BCUT2D eigenvalue weighted by molar-refractivity contribution is 0.421. The Morgan fingerprint density at radius 3 is 2.58 bits per heavy atom. The first-order chi connectivity index (χ1) is 17.6. The van der Waals surface area contributed by atoms with Gasteiger partial charge in [0.05, 0.1) is 11.2 Å². The maximum atomic E-state index is 4.43. The maximum Gasteiger partial charge on any atom is 0.113 e. The van der Waals surface area contributed by atoms with Crippen molar-refractivity contribution in [3.63, 3.8) is 0 Å². The van der Waals surface area contributed by atoms with Gasteiger partial charge >= 0.3 is 0 Å². The predicted molar refractivity (Wildman–Crippen MR) is 148 cm³/mol. The molecule has 1 aliphatic heterocycles. The minimum Gasteiger partial charge on any atom is -0.349 e. The van der Waals surface area contributed by atoms with Gasteiger partial charge in [-0.15, -0.1) is 5.10 Å². The highest BCUT2D eigenvalue weighted by Gasteiger charge is 2.22. The van der Waals surface area contributed by atoms with E-state index in [9.17, 15) is 0 Å². The summed E-state index contributed by atoms with van der Waals surface area (Å²) in [6.07, 6.45) is 6.57. The van der Waals surface area contributed by atoms with E-state index in [0.717, 1.165) is 48.2 Å². The molecule has 1 unspecified atom stereocenters. The smallest absolute Gasteiger partial charge is 0.113 e. The number of fused-ring (bicyclic) bond motifs is 1. The summed E-state index contributed by atoms with van der Waals surface area (Å²) >= 11 is 0. The average Bonchev–Trinajstić information content (AvgIpc) is 3.36. The Balaban J connectivity index is 1.40. The van der Waals surface area contributed by atoms with E-state index in [2.05, 4.69) is 107 Å². The van der Waals surface area contributed by atoms with E-state index in [1.165, 1.54) is 22.4 Å². The second-order valence-corrected chi connectivity index (χ2v) is 9.34. The summed E-state index contributed by atoms with van der Waals surface area (Å²) in [6.45, 7) is 8.51. The number of nitrogens with one attached hydrogen (secondary N) is 1. The number of nitrogens with zero attached hydrogens (tertiary/aromatic N) is 4. The van der Waals surface area contributed by atoms with Crippen molar-refractivity contribution < 1.29 is 0 Å². The lowest BCUT2D eigenvalue weighted by atomic mass is 9.90. The van der Waals surface area contributed by atoms with Crippen LogP contribution in [-0.2, 0) is 6.42 Å². The van der Waals surface area contributed by atoms with E-state index in [1.807, 2.05) is 29.9 Å². The van der Waals surface area contributed by atoms with Crippen LogP contribution in [0.5, 0.6) is 0 Å². The van der Waals surface area contributed by atoms with Crippen molar-refractivity contribution in [2.75, 3.05) is 20.1 Å². The van der Waals surface area contributed by atoms with Crippen molar-refractivity contribution in [3.05, 3.63) is 126 Å². The molecule has 0 spiro atoms. The van der Waals surface area contributed by atoms with Gasteiger partial charge in [0.1, 0.15) is 5.52 Å². The molecule has 1 N–H and O–H groups in total. The van der Waals surface area contributed by atoms with Crippen LogP contribution >= 0.6 is 0 Å². The quantitative estimate of drug-likeness (QED) is 0.322. The van der Waals surface area contributed by atoms with Gasteiger partial charge in [0.2, 0.25) is 0 Å². The molecule has 0 amide bonds. The van der Waals surface area contributed by atoms with Crippen LogP contribution in [0.25, 0.3) is 16.7 Å². The van der Waals surface area contributed by atoms with Crippen molar-refractivity contribution >= 4 is 11.0 Å². The fraction of sp³-hybridized carbons (Fsp3) is 0.226. The zero-order chi connectivity index (χ0) is 24.9. The van der Waals surface area contributed by atoms with E-state index < -0.39 is 0 Å². The molecule has 1 aromatic heterocycles. The number of aromatic nitrogens is 3. The van der Waals surface area contributed by atoms with Gasteiger partial charge in [-0.1, -0.05) is 73.3 Å². The molecule has 0 saturated carbocycles. The van der Waals surface area contributed by atoms with E-state index in [1.54, 1.807) is 0 Å². The lowest BCUT2D eigenvalue weighted by Crippen LogP contribution is -2.30. The van der Waals surface area contributed by atoms with Gasteiger partial charge in [-0.3, -0.25) is 0 Å². The largest absolute Gasteiger partial charge is 0.349 e. The first-order valence-electron chi connectivity index (χ1n) is 12.6. The maximum absolute atomic E-state index is 4.43. The zero-order valence-electron chi connectivity index (χ0n) is 21.1. The minimum absolute atomic E-state index is 0.195. The van der Waals surface area contributed by atoms with Gasteiger partial charge in [-0.25, -0.2) is 4.68 Å². The van der Waals surface area contributed by atoms with Crippen LogP contribution in [0.4, 0.5) is 0 Å². The molecule has 3 aromatic carbocycles. The first-order valence-corrected chi connectivity index (χ1v) is 12.6. The number of likely N-dealkylation sites (N-methyl/N-ethyl adjacent to an activating group) is 1. The van der Waals surface area contributed by atoms with Crippen LogP contribution in [0.2, 0.25) is 0 Å². The first kappa shape index (κ1) is 23.8. The number of allylic oxidation sites excluding steroid dienone is 4. The summed E-state index contributed by atoms with van der Waals surface area (Å²) in [4.78, 5) is 2.40. The second-order valence-electron chi connectivity index (χ2n) is 9.34. The molecule has 1 atom stereocenters. The van der Waals surface area contributed by atoms with Crippen molar-refractivity contribution in [2.45, 2.75) is 25.7 Å². The number of benzene rings is 3. The second kappa shape index (κ2) is 10.8. The van der Waals surface area contributed by atoms with Crippen molar-refractivity contribution in [1.29, 1.82) is 0 Å². The molecule has 182 valence electrons. The Labute approximate surface area is 213 Å². The van der Waals surface area contributed by atoms with Gasteiger partial charge < -0.3 is 10.2 Å². The third-order valence-corrected chi connectivity index (χ3v) is 6.92. The Kier molecular flexibility index (Phi) is 7.10. The Morgan fingerprint density at radius 1 is 0.944 bits per heavy atom. The Bertz CT molecular complexity index is 1410. The molecule has 36 heavy (non-hydrogen) atoms. The highest BCUT2D eigenvalue weighted by molar-refractivity contribution is 5.75. The van der Waals surface area contributed by atoms with Crippen LogP contribution in [0.1, 0.15) is 30.4 Å². The molecule has 5 rings (SSSR count). The fourth-order valence-electron chi connectivity index (χ4n) is 4.80. The standard InChI is InChI=1S/C31H33N5/c1-23-20-31(35(19-18-32-3)22-27(23)17-16-25-10-5-4-6-11-25)24(2)26-12-9-13-28(21-26)36-30-15-8-7-14-29(30)33-34-36/h4-15,20-22,24,32H,1,16-19H2,2-3H3. The third kappa shape index (κ3) is 5.02. The van der Waals surface area contributed by atoms with Crippen LogP contribution in [0.3, 0.4) is 0 Å². The molecule has 5 heteroatoms. The molecule has 0 radical (unpaired) electrons. The summed E-state index contributed by atoms with van der Waals surface area (Å²) in [5, 5.41) is 12.0. The molecule has 0 saturated heterocycles. The van der Waals surface area contributed by atoms with Crippen LogP contribution in [-0.4, -0.2) is 40.0 Å². The zero-order valence-corrected chi connectivity index (χ0v) is 21.1. The van der Waals surface area contributed by atoms with Gasteiger partial charge in [-0.05, 0) is 72.5 Å². The number of para-hydroxylation sites is 1. The van der Waals surface area contributed by atoms with E-state index in [0.29, 0.717) is 0 Å². The topological polar surface area (TPSA) is 46.0 Å².